The maximum Gasteiger partial charge on any atom is 0.0416 e. The Hall–Kier alpha value is -0.890. The van der Waals surface area contributed by atoms with E-state index in [0.717, 1.165) is 13.0 Å². The number of unbranched alkanes of at least 4 members (excludes halogenated alkanes) is 2. The van der Waals surface area contributed by atoms with Crippen molar-refractivity contribution in [1.82, 2.24) is 9.88 Å². The minimum atomic E-state index is 1.08. The second-order valence-electron chi connectivity index (χ2n) is 4.62. The van der Waals surface area contributed by atoms with Crippen LogP contribution >= 0.6 is 0 Å². The molecule has 0 aliphatic rings. The zero-order valence-corrected chi connectivity index (χ0v) is 11.4. The molecule has 1 heterocycles. The molecule has 0 amide bonds. The first-order chi connectivity index (χ1) is 8.36. The quantitative estimate of drug-likeness (QED) is 0.650. The van der Waals surface area contributed by atoms with Gasteiger partial charge in [-0.05, 0) is 38.1 Å². The highest BCUT2D eigenvalue weighted by Gasteiger charge is 2.04. The highest BCUT2D eigenvalue weighted by atomic mass is 15.1. The molecule has 0 spiro atoms. The van der Waals surface area contributed by atoms with Gasteiger partial charge in [0.1, 0.15) is 0 Å². The van der Waals surface area contributed by atoms with Gasteiger partial charge in [-0.3, -0.25) is 4.98 Å². The first kappa shape index (κ1) is 14.2. The SMILES string of the molecule is CCCCN(CCCC)CCc1ccccn1. The topological polar surface area (TPSA) is 16.1 Å². The molecule has 1 rings (SSSR count). The van der Waals surface area contributed by atoms with Crippen molar-refractivity contribution >= 4 is 0 Å². The zero-order valence-electron chi connectivity index (χ0n) is 11.4. The highest BCUT2D eigenvalue weighted by Crippen LogP contribution is 2.02. The predicted octanol–water partition coefficient (Wildman–Crippen LogP) is 3.53. The monoisotopic (exact) mass is 234 g/mol. The van der Waals surface area contributed by atoms with E-state index in [1.165, 1.54) is 44.5 Å². The summed E-state index contributed by atoms with van der Waals surface area (Å²) < 4.78 is 0. The van der Waals surface area contributed by atoms with E-state index in [1.807, 2.05) is 12.3 Å². The zero-order chi connectivity index (χ0) is 12.3. The van der Waals surface area contributed by atoms with Gasteiger partial charge in [0.25, 0.3) is 0 Å². The summed E-state index contributed by atoms with van der Waals surface area (Å²) in [6.07, 6.45) is 8.16. The van der Waals surface area contributed by atoms with Gasteiger partial charge in [-0.15, -0.1) is 0 Å². The fourth-order valence-electron chi connectivity index (χ4n) is 1.92. The Bertz CT molecular complexity index is 264. The molecule has 0 fully saturated rings. The Morgan fingerprint density at radius 1 is 1.00 bits per heavy atom. The van der Waals surface area contributed by atoms with Crippen molar-refractivity contribution in [2.24, 2.45) is 0 Å². The number of rotatable bonds is 9. The molecule has 0 aliphatic heterocycles. The van der Waals surface area contributed by atoms with Crippen LogP contribution < -0.4 is 0 Å². The lowest BCUT2D eigenvalue weighted by Gasteiger charge is -2.21. The minimum Gasteiger partial charge on any atom is -0.303 e. The molecule has 17 heavy (non-hydrogen) atoms. The third-order valence-electron chi connectivity index (χ3n) is 3.07. The third kappa shape index (κ3) is 6.42. The van der Waals surface area contributed by atoms with E-state index in [-0.39, 0.29) is 0 Å². The molecule has 0 bridgehead atoms. The maximum atomic E-state index is 4.38. The summed E-state index contributed by atoms with van der Waals surface area (Å²) in [4.78, 5) is 6.97. The molecule has 1 aromatic rings. The van der Waals surface area contributed by atoms with Crippen molar-refractivity contribution in [2.75, 3.05) is 19.6 Å². The summed E-state index contributed by atoms with van der Waals surface area (Å²) in [6.45, 7) is 8.15. The standard InChI is InChI=1S/C15H26N2/c1-3-5-12-17(13-6-4-2)14-10-15-9-7-8-11-16-15/h7-9,11H,3-6,10,12-14H2,1-2H3. The molecule has 0 aromatic carbocycles. The average molecular weight is 234 g/mol. The maximum absolute atomic E-state index is 4.38. The van der Waals surface area contributed by atoms with E-state index in [9.17, 15) is 0 Å². The van der Waals surface area contributed by atoms with Crippen LogP contribution in [-0.2, 0) is 6.42 Å². The predicted molar refractivity (Wildman–Crippen MR) is 74.2 cm³/mol. The van der Waals surface area contributed by atoms with Crippen LogP contribution in [-0.4, -0.2) is 29.5 Å². The van der Waals surface area contributed by atoms with Crippen LogP contribution in [0.15, 0.2) is 24.4 Å². The van der Waals surface area contributed by atoms with Crippen LogP contribution in [0.4, 0.5) is 0 Å². The number of pyridine rings is 1. The molecule has 96 valence electrons. The Morgan fingerprint density at radius 3 is 2.24 bits per heavy atom. The molecular weight excluding hydrogens is 208 g/mol. The number of hydrogen-bond donors (Lipinski definition) is 0. The van der Waals surface area contributed by atoms with Gasteiger partial charge < -0.3 is 4.90 Å². The summed E-state index contributed by atoms with van der Waals surface area (Å²) >= 11 is 0. The van der Waals surface area contributed by atoms with Crippen LogP contribution in [0.25, 0.3) is 0 Å². The largest absolute Gasteiger partial charge is 0.303 e. The number of nitrogens with zero attached hydrogens (tertiary/aromatic N) is 2. The van der Waals surface area contributed by atoms with Crippen molar-refractivity contribution in [2.45, 2.75) is 46.0 Å². The fourth-order valence-corrected chi connectivity index (χ4v) is 1.92. The van der Waals surface area contributed by atoms with E-state index in [0.29, 0.717) is 0 Å². The first-order valence-electron chi connectivity index (χ1n) is 6.99. The molecule has 0 radical (unpaired) electrons. The smallest absolute Gasteiger partial charge is 0.0416 e. The lowest BCUT2D eigenvalue weighted by molar-refractivity contribution is 0.267. The average Bonchev–Trinajstić information content (AvgIpc) is 2.39. The molecule has 0 atom stereocenters. The van der Waals surface area contributed by atoms with Gasteiger partial charge in [-0.1, -0.05) is 32.8 Å². The Balaban J connectivity index is 2.31. The summed E-state index contributed by atoms with van der Waals surface area (Å²) in [5, 5.41) is 0. The van der Waals surface area contributed by atoms with Gasteiger partial charge in [-0.2, -0.15) is 0 Å². The molecule has 0 N–H and O–H groups in total. The Morgan fingerprint density at radius 2 is 1.71 bits per heavy atom. The molecule has 1 aromatic heterocycles. The van der Waals surface area contributed by atoms with Gasteiger partial charge in [0.15, 0.2) is 0 Å². The third-order valence-corrected chi connectivity index (χ3v) is 3.07. The van der Waals surface area contributed by atoms with Crippen LogP contribution in [0.3, 0.4) is 0 Å². The lowest BCUT2D eigenvalue weighted by atomic mass is 10.2. The molecule has 0 aliphatic carbocycles. The highest BCUT2D eigenvalue weighted by molar-refractivity contribution is 5.03. The first-order valence-corrected chi connectivity index (χ1v) is 6.99. The van der Waals surface area contributed by atoms with Gasteiger partial charge >= 0.3 is 0 Å². The van der Waals surface area contributed by atoms with Crippen LogP contribution in [0.1, 0.15) is 45.2 Å². The summed E-state index contributed by atoms with van der Waals surface area (Å²) in [6, 6.07) is 6.18. The van der Waals surface area contributed by atoms with Gasteiger partial charge in [0.2, 0.25) is 0 Å². The van der Waals surface area contributed by atoms with Crippen molar-refractivity contribution in [1.29, 1.82) is 0 Å². The molecule has 0 unspecified atom stereocenters. The minimum absolute atomic E-state index is 1.08. The van der Waals surface area contributed by atoms with Crippen molar-refractivity contribution in [3.63, 3.8) is 0 Å². The second kappa shape index (κ2) is 9.17. The Labute approximate surface area is 106 Å². The molecule has 0 saturated heterocycles. The summed E-state index contributed by atoms with van der Waals surface area (Å²) in [5.41, 5.74) is 1.21. The van der Waals surface area contributed by atoms with Crippen molar-refractivity contribution in [3.05, 3.63) is 30.1 Å². The molecule has 2 heteroatoms. The van der Waals surface area contributed by atoms with E-state index in [4.69, 9.17) is 0 Å². The normalized spacial score (nSPS) is 11.0. The summed E-state index contributed by atoms with van der Waals surface area (Å²) in [5.74, 6) is 0. The van der Waals surface area contributed by atoms with Gasteiger partial charge in [0, 0.05) is 24.9 Å². The van der Waals surface area contributed by atoms with Crippen molar-refractivity contribution in [3.8, 4) is 0 Å². The molecular formula is C15H26N2. The van der Waals surface area contributed by atoms with E-state index >= 15 is 0 Å². The Kier molecular flexibility index (Phi) is 7.65. The molecule has 2 nitrogen and oxygen atoms in total. The van der Waals surface area contributed by atoms with Gasteiger partial charge in [-0.25, -0.2) is 0 Å². The number of aromatic nitrogens is 1. The second-order valence-corrected chi connectivity index (χ2v) is 4.62. The van der Waals surface area contributed by atoms with Crippen molar-refractivity contribution < 1.29 is 0 Å². The van der Waals surface area contributed by atoms with E-state index in [2.05, 4.69) is 35.9 Å². The summed E-state index contributed by atoms with van der Waals surface area (Å²) in [7, 11) is 0. The fraction of sp³-hybridized carbons (Fsp3) is 0.667. The van der Waals surface area contributed by atoms with E-state index < -0.39 is 0 Å². The van der Waals surface area contributed by atoms with Crippen LogP contribution in [0, 0.1) is 0 Å². The lowest BCUT2D eigenvalue weighted by Crippen LogP contribution is -2.28. The van der Waals surface area contributed by atoms with Crippen LogP contribution in [0.2, 0.25) is 0 Å². The molecule has 0 saturated carbocycles. The van der Waals surface area contributed by atoms with Crippen LogP contribution in [0.5, 0.6) is 0 Å². The van der Waals surface area contributed by atoms with E-state index in [1.54, 1.807) is 0 Å². The number of hydrogen-bond acceptors (Lipinski definition) is 2. The van der Waals surface area contributed by atoms with Gasteiger partial charge in [0.05, 0.1) is 0 Å².